The Hall–Kier alpha value is -2.25. The smallest absolute Gasteiger partial charge is 0.283 e. The zero-order valence-corrected chi connectivity index (χ0v) is 19.1. The van der Waals surface area contributed by atoms with Gasteiger partial charge in [0.25, 0.3) is 11.8 Å². The fourth-order valence-corrected chi connectivity index (χ4v) is 4.63. The summed E-state index contributed by atoms with van der Waals surface area (Å²) >= 11 is 16.8. The van der Waals surface area contributed by atoms with Crippen LogP contribution in [-0.2, 0) is 9.59 Å². The third-order valence-corrected chi connectivity index (χ3v) is 6.28. The molecule has 1 aliphatic heterocycles. The van der Waals surface area contributed by atoms with Crippen molar-refractivity contribution in [3.8, 4) is 0 Å². The van der Waals surface area contributed by atoms with Gasteiger partial charge in [0.2, 0.25) is 0 Å². The average Bonchev–Trinajstić information content (AvgIpc) is 2.93. The molecule has 0 atom stereocenters. The van der Waals surface area contributed by atoms with Crippen molar-refractivity contribution < 1.29 is 9.59 Å². The Balaban J connectivity index is 1.76. The predicted octanol–water partition coefficient (Wildman–Crippen LogP) is 6.75. The highest BCUT2D eigenvalue weighted by Gasteiger charge is 2.40. The van der Waals surface area contributed by atoms with E-state index in [2.05, 4.69) is 21.2 Å². The van der Waals surface area contributed by atoms with E-state index in [4.69, 9.17) is 23.2 Å². The van der Waals surface area contributed by atoms with Crippen LogP contribution in [-0.4, -0.2) is 11.8 Å². The van der Waals surface area contributed by atoms with Gasteiger partial charge in [-0.05, 0) is 54.6 Å². The average molecular weight is 520 g/mol. The summed E-state index contributed by atoms with van der Waals surface area (Å²) in [6.45, 7) is 0. The highest BCUT2D eigenvalue weighted by atomic mass is 79.9. The number of nitrogens with zero attached hydrogens (tertiary/aromatic N) is 1. The molecule has 0 bridgehead atoms. The molecular weight excluding hydrogens is 507 g/mol. The molecule has 3 aromatic rings. The van der Waals surface area contributed by atoms with Crippen molar-refractivity contribution >= 4 is 74.1 Å². The lowest BCUT2D eigenvalue weighted by Gasteiger charge is -2.16. The lowest BCUT2D eigenvalue weighted by Crippen LogP contribution is -2.32. The topological polar surface area (TPSA) is 49.4 Å². The van der Waals surface area contributed by atoms with Crippen molar-refractivity contribution in [2.24, 2.45) is 0 Å². The zero-order valence-electron chi connectivity index (χ0n) is 15.2. The minimum absolute atomic E-state index is 0.201. The number of hydrogen-bond acceptors (Lipinski definition) is 4. The minimum atomic E-state index is -0.473. The number of carbonyl (C=O) groups is 2. The summed E-state index contributed by atoms with van der Waals surface area (Å²) in [7, 11) is 0. The largest absolute Gasteiger partial charge is 0.350 e. The van der Waals surface area contributed by atoms with Crippen molar-refractivity contribution in [1.82, 2.24) is 0 Å². The molecule has 150 valence electrons. The monoisotopic (exact) mass is 518 g/mol. The van der Waals surface area contributed by atoms with Crippen LogP contribution in [0.3, 0.4) is 0 Å². The van der Waals surface area contributed by atoms with Crippen LogP contribution in [0, 0.1) is 0 Å². The Labute approximate surface area is 196 Å². The van der Waals surface area contributed by atoms with E-state index >= 15 is 0 Å². The Bertz CT molecular complexity index is 1150. The number of imide groups is 1. The number of rotatable bonds is 5. The molecule has 4 rings (SSSR count). The number of amides is 2. The Morgan fingerprint density at radius 2 is 1.47 bits per heavy atom. The zero-order chi connectivity index (χ0) is 21.3. The fraction of sp³-hybridized carbons (Fsp3) is 0. The minimum Gasteiger partial charge on any atom is -0.350 e. The van der Waals surface area contributed by atoms with Crippen molar-refractivity contribution in [3.63, 3.8) is 0 Å². The van der Waals surface area contributed by atoms with Gasteiger partial charge in [-0.15, -0.1) is 0 Å². The molecule has 2 amide bonds. The molecule has 0 saturated heterocycles. The maximum Gasteiger partial charge on any atom is 0.283 e. The highest BCUT2D eigenvalue weighted by molar-refractivity contribution is 9.10. The number of hydrogen-bond donors (Lipinski definition) is 1. The van der Waals surface area contributed by atoms with E-state index in [9.17, 15) is 9.59 Å². The van der Waals surface area contributed by atoms with Crippen LogP contribution in [0.2, 0.25) is 10.0 Å². The maximum atomic E-state index is 13.3. The van der Waals surface area contributed by atoms with Gasteiger partial charge < -0.3 is 5.32 Å². The van der Waals surface area contributed by atoms with Gasteiger partial charge in [0.1, 0.15) is 10.6 Å². The SMILES string of the molecule is O=C1C(Nc2ccc(Br)cc2)=C(Sc2ccccc2)C(=O)N1c1cc(Cl)cc(Cl)c1. The summed E-state index contributed by atoms with van der Waals surface area (Å²) in [4.78, 5) is 28.8. The molecule has 0 unspecified atom stereocenters. The predicted molar refractivity (Wildman–Crippen MR) is 126 cm³/mol. The van der Waals surface area contributed by atoms with Crippen molar-refractivity contribution in [2.75, 3.05) is 10.2 Å². The molecule has 30 heavy (non-hydrogen) atoms. The van der Waals surface area contributed by atoms with Crippen molar-refractivity contribution in [1.29, 1.82) is 0 Å². The first-order valence-corrected chi connectivity index (χ1v) is 11.1. The number of nitrogens with one attached hydrogen (secondary N) is 1. The second kappa shape index (κ2) is 8.86. The molecule has 1 N–H and O–H groups in total. The number of halogens is 3. The lowest BCUT2D eigenvalue weighted by atomic mass is 10.3. The Morgan fingerprint density at radius 3 is 2.10 bits per heavy atom. The van der Waals surface area contributed by atoms with E-state index in [1.165, 1.54) is 23.9 Å². The molecule has 1 aliphatic rings. The lowest BCUT2D eigenvalue weighted by molar-refractivity contribution is -0.120. The molecule has 8 heteroatoms. The van der Waals surface area contributed by atoms with E-state index in [0.29, 0.717) is 26.3 Å². The third kappa shape index (κ3) is 4.42. The molecule has 0 aromatic heterocycles. The van der Waals surface area contributed by atoms with E-state index in [1.54, 1.807) is 6.07 Å². The standard InChI is InChI=1S/C22H13BrCl2N2O2S/c23-13-6-8-16(9-7-13)26-19-20(30-18-4-2-1-3-5-18)22(29)27(21(19)28)17-11-14(24)10-15(25)12-17/h1-12,26H. The van der Waals surface area contributed by atoms with Gasteiger partial charge in [0, 0.05) is 25.1 Å². The van der Waals surface area contributed by atoms with Gasteiger partial charge in [0.15, 0.2) is 0 Å². The number of benzene rings is 3. The van der Waals surface area contributed by atoms with Gasteiger partial charge >= 0.3 is 0 Å². The second-order valence-electron chi connectivity index (χ2n) is 6.32. The first-order chi connectivity index (χ1) is 14.4. The molecule has 4 nitrogen and oxygen atoms in total. The number of anilines is 2. The van der Waals surface area contributed by atoms with Gasteiger partial charge in [-0.1, -0.05) is 69.1 Å². The van der Waals surface area contributed by atoms with Crippen LogP contribution in [0.5, 0.6) is 0 Å². The number of carbonyl (C=O) groups excluding carboxylic acids is 2. The van der Waals surface area contributed by atoms with Crippen LogP contribution in [0.1, 0.15) is 0 Å². The van der Waals surface area contributed by atoms with E-state index in [1.807, 2.05) is 54.6 Å². The van der Waals surface area contributed by atoms with Crippen LogP contribution in [0.25, 0.3) is 0 Å². The van der Waals surface area contributed by atoms with Crippen molar-refractivity contribution in [2.45, 2.75) is 4.90 Å². The molecule has 0 radical (unpaired) electrons. The highest BCUT2D eigenvalue weighted by Crippen LogP contribution is 2.39. The Morgan fingerprint density at radius 1 is 0.833 bits per heavy atom. The van der Waals surface area contributed by atoms with E-state index in [0.717, 1.165) is 14.3 Å². The van der Waals surface area contributed by atoms with Gasteiger partial charge in [-0.25, -0.2) is 4.90 Å². The molecule has 0 aliphatic carbocycles. The summed E-state index contributed by atoms with van der Waals surface area (Å²) in [5, 5.41) is 3.78. The second-order valence-corrected chi connectivity index (χ2v) is 9.20. The van der Waals surface area contributed by atoms with Crippen LogP contribution in [0.4, 0.5) is 11.4 Å². The number of thioether (sulfide) groups is 1. The van der Waals surface area contributed by atoms with Gasteiger partial charge in [0.05, 0.1) is 5.69 Å². The van der Waals surface area contributed by atoms with Crippen LogP contribution < -0.4 is 10.2 Å². The van der Waals surface area contributed by atoms with E-state index < -0.39 is 11.8 Å². The quantitative estimate of drug-likeness (QED) is 0.379. The fourth-order valence-electron chi connectivity index (χ4n) is 2.90. The summed E-state index contributed by atoms with van der Waals surface area (Å²) in [5.41, 5.74) is 1.21. The Kier molecular flexibility index (Phi) is 6.20. The first kappa shape index (κ1) is 21.0. The third-order valence-electron chi connectivity index (χ3n) is 4.22. The summed E-state index contributed by atoms with van der Waals surface area (Å²) in [5.74, 6) is -0.911. The molecular formula is C22H13BrCl2N2O2S. The van der Waals surface area contributed by atoms with Gasteiger partial charge in [-0.3, -0.25) is 9.59 Å². The summed E-state index contributed by atoms with van der Waals surface area (Å²) in [6.07, 6.45) is 0. The summed E-state index contributed by atoms with van der Waals surface area (Å²) in [6, 6.07) is 21.4. The molecule has 3 aromatic carbocycles. The maximum absolute atomic E-state index is 13.3. The van der Waals surface area contributed by atoms with Crippen molar-refractivity contribution in [3.05, 3.63) is 97.9 Å². The molecule has 0 saturated carbocycles. The van der Waals surface area contributed by atoms with Crippen LogP contribution >= 0.6 is 50.9 Å². The van der Waals surface area contributed by atoms with Gasteiger partial charge in [-0.2, -0.15) is 0 Å². The molecule has 1 heterocycles. The summed E-state index contributed by atoms with van der Waals surface area (Å²) < 4.78 is 0.907. The normalized spacial score (nSPS) is 13.9. The van der Waals surface area contributed by atoms with E-state index in [-0.39, 0.29) is 5.70 Å². The molecule has 0 spiro atoms. The van der Waals surface area contributed by atoms with Crippen LogP contribution in [0.15, 0.2) is 92.8 Å². The molecule has 0 fully saturated rings. The first-order valence-electron chi connectivity index (χ1n) is 8.77.